The Bertz CT molecular complexity index is 1100. The van der Waals surface area contributed by atoms with Gasteiger partial charge in [-0.1, -0.05) is 25.1 Å². The smallest absolute Gasteiger partial charge is 0.253 e. The van der Waals surface area contributed by atoms with Crippen molar-refractivity contribution in [3.05, 3.63) is 71.2 Å². The highest BCUT2D eigenvalue weighted by Crippen LogP contribution is 2.26. The molecule has 1 N–H and O–H groups in total. The van der Waals surface area contributed by atoms with Crippen molar-refractivity contribution in [3.63, 3.8) is 0 Å². The Labute approximate surface area is 188 Å². The van der Waals surface area contributed by atoms with E-state index in [1.165, 1.54) is 12.1 Å². The fraction of sp³-hybridized carbons (Fsp3) is 0.385. The molecular weight excluding hydrogens is 405 g/mol. The summed E-state index contributed by atoms with van der Waals surface area (Å²) in [6.07, 6.45) is 2.66. The zero-order valence-electron chi connectivity index (χ0n) is 18.7. The molecule has 0 spiro atoms. The number of likely N-dealkylation sites (tertiary alicyclic amines) is 1. The molecule has 0 bridgehead atoms. The topological polar surface area (TPSA) is 56.4 Å². The van der Waals surface area contributed by atoms with Gasteiger partial charge in [0.1, 0.15) is 5.82 Å². The van der Waals surface area contributed by atoms with E-state index >= 15 is 0 Å². The molecule has 4 rings (SSSR count). The Kier molecular flexibility index (Phi) is 6.58. The van der Waals surface area contributed by atoms with E-state index in [2.05, 4.69) is 11.9 Å². The molecule has 3 aromatic rings. The summed E-state index contributed by atoms with van der Waals surface area (Å²) in [4.78, 5) is 33.2. The summed E-state index contributed by atoms with van der Waals surface area (Å²) in [6.45, 7) is 5.97. The fourth-order valence-corrected chi connectivity index (χ4v) is 4.73. The molecule has 6 heteroatoms. The summed E-state index contributed by atoms with van der Waals surface area (Å²) < 4.78 is 13.8. The normalized spacial score (nSPS) is 14.7. The molecule has 32 heavy (non-hydrogen) atoms. The van der Waals surface area contributed by atoms with E-state index in [1.807, 2.05) is 47.1 Å². The summed E-state index contributed by atoms with van der Waals surface area (Å²) in [5.41, 5.74) is 3.32. The van der Waals surface area contributed by atoms with Crippen LogP contribution in [0.2, 0.25) is 0 Å². The lowest BCUT2D eigenvalue weighted by molar-refractivity contribution is -0.133. The third-order valence-corrected chi connectivity index (χ3v) is 6.41. The molecule has 1 fully saturated rings. The number of carbonyl (C=O) groups excluding carboxylic acids is 2. The van der Waals surface area contributed by atoms with Crippen LogP contribution in [0.4, 0.5) is 4.39 Å². The average molecular weight is 436 g/mol. The summed E-state index contributed by atoms with van der Waals surface area (Å²) in [7, 11) is 0. The fourth-order valence-electron chi connectivity index (χ4n) is 4.73. The van der Waals surface area contributed by atoms with Crippen molar-refractivity contribution in [2.24, 2.45) is 0 Å². The van der Waals surface area contributed by atoms with Gasteiger partial charge in [-0.25, -0.2) is 4.39 Å². The minimum absolute atomic E-state index is 0.0499. The number of rotatable bonds is 6. The monoisotopic (exact) mass is 435 g/mol. The molecule has 2 aromatic carbocycles. The van der Waals surface area contributed by atoms with Gasteiger partial charge in [0.15, 0.2) is 0 Å². The maximum atomic E-state index is 13.8. The van der Waals surface area contributed by atoms with Crippen molar-refractivity contribution >= 4 is 22.7 Å². The Hall–Kier alpha value is -3.15. The number of aromatic amines is 1. The second-order valence-electron chi connectivity index (χ2n) is 8.57. The number of nitrogens with zero attached hydrogens (tertiary/aromatic N) is 2. The summed E-state index contributed by atoms with van der Waals surface area (Å²) >= 11 is 0. The highest BCUT2D eigenvalue weighted by Gasteiger charge is 2.30. The summed E-state index contributed by atoms with van der Waals surface area (Å²) in [5, 5.41) is 0.774. The summed E-state index contributed by atoms with van der Waals surface area (Å²) in [6, 6.07) is 14.1. The third-order valence-electron chi connectivity index (χ3n) is 6.41. The first kappa shape index (κ1) is 22.1. The molecule has 1 aliphatic heterocycles. The van der Waals surface area contributed by atoms with Crippen molar-refractivity contribution in [2.45, 2.75) is 45.6 Å². The number of nitrogens with one attached hydrogen (secondary N) is 1. The Morgan fingerprint density at radius 3 is 2.53 bits per heavy atom. The van der Waals surface area contributed by atoms with Crippen LogP contribution in [-0.4, -0.2) is 52.3 Å². The molecule has 1 aromatic heterocycles. The van der Waals surface area contributed by atoms with Gasteiger partial charge in [-0.15, -0.1) is 0 Å². The first-order valence-electron chi connectivity index (χ1n) is 11.4. The number of hydrogen-bond acceptors (Lipinski definition) is 2. The lowest BCUT2D eigenvalue weighted by Crippen LogP contribution is -2.49. The number of hydrogen-bond donors (Lipinski definition) is 1. The molecule has 0 saturated carbocycles. The number of amides is 2. The van der Waals surface area contributed by atoms with Crippen LogP contribution in [0.1, 0.15) is 47.8 Å². The molecule has 2 amide bonds. The quantitative estimate of drug-likeness (QED) is 0.610. The van der Waals surface area contributed by atoms with Gasteiger partial charge in [-0.2, -0.15) is 0 Å². The van der Waals surface area contributed by atoms with E-state index in [0.717, 1.165) is 41.4 Å². The second kappa shape index (κ2) is 9.55. The predicted molar refractivity (Wildman–Crippen MR) is 124 cm³/mol. The van der Waals surface area contributed by atoms with E-state index in [-0.39, 0.29) is 30.1 Å². The number of fused-ring (bicyclic) bond motifs is 1. The van der Waals surface area contributed by atoms with Crippen LogP contribution >= 0.6 is 0 Å². The van der Waals surface area contributed by atoms with Crippen molar-refractivity contribution in [2.75, 3.05) is 19.6 Å². The Morgan fingerprint density at radius 1 is 1.12 bits per heavy atom. The molecule has 1 aliphatic rings. The minimum Gasteiger partial charge on any atom is -0.358 e. The lowest BCUT2D eigenvalue weighted by atomic mass is 10.00. The first-order chi connectivity index (χ1) is 15.5. The number of carbonyl (C=O) groups is 2. The van der Waals surface area contributed by atoms with Crippen LogP contribution in [0.25, 0.3) is 10.9 Å². The highest BCUT2D eigenvalue weighted by molar-refractivity contribution is 5.94. The van der Waals surface area contributed by atoms with Gasteiger partial charge < -0.3 is 14.8 Å². The van der Waals surface area contributed by atoms with E-state index in [0.29, 0.717) is 25.2 Å². The van der Waals surface area contributed by atoms with Gasteiger partial charge in [0, 0.05) is 47.8 Å². The van der Waals surface area contributed by atoms with Gasteiger partial charge in [-0.05, 0) is 62.1 Å². The number of halogens is 1. The van der Waals surface area contributed by atoms with E-state index in [1.54, 1.807) is 6.07 Å². The Morgan fingerprint density at radius 2 is 1.84 bits per heavy atom. The molecule has 168 valence electrons. The van der Waals surface area contributed by atoms with Crippen LogP contribution < -0.4 is 0 Å². The maximum Gasteiger partial charge on any atom is 0.253 e. The molecule has 0 unspecified atom stereocenters. The Balaban J connectivity index is 1.45. The molecule has 1 saturated heterocycles. The van der Waals surface area contributed by atoms with Gasteiger partial charge in [0.25, 0.3) is 5.91 Å². The van der Waals surface area contributed by atoms with Crippen molar-refractivity contribution in [1.29, 1.82) is 0 Å². The van der Waals surface area contributed by atoms with Crippen LogP contribution in [0.15, 0.2) is 48.5 Å². The van der Waals surface area contributed by atoms with Crippen LogP contribution in [0.5, 0.6) is 0 Å². The third kappa shape index (κ3) is 4.54. The van der Waals surface area contributed by atoms with E-state index in [9.17, 15) is 14.0 Å². The van der Waals surface area contributed by atoms with Crippen molar-refractivity contribution in [1.82, 2.24) is 14.8 Å². The largest absolute Gasteiger partial charge is 0.358 e. The lowest BCUT2D eigenvalue weighted by Gasteiger charge is -2.38. The van der Waals surface area contributed by atoms with Gasteiger partial charge in [0.05, 0.1) is 6.42 Å². The number of aromatic nitrogens is 1. The van der Waals surface area contributed by atoms with Gasteiger partial charge in [-0.3, -0.25) is 9.59 Å². The van der Waals surface area contributed by atoms with Gasteiger partial charge in [0.2, 0.25) is 5.91 Å². The van der Waals surface area contributed by atoms with Crippen molar-refractivity contribution < 1.29 is 14.0 Å². The molecular formula is C26H30FN3O2. The van der Waals surface area contributed by atoms with Crippen LogP contribution in [0, 0.1) is 12.7 Å². The van der Waals surface area contributed by atoms with Crippen LogP contribution in [-0.2, 0) is 11.2 Å². The molecule has 0 radical (unpaired) electrons. The molecule has 0 atom stereocenters. The second-order valence-corrected chi connectivity index (χ2v) is 8.57. The van der Waals surface area contributed by atoms with Gasteiger partial charge >= 0.3 is 0 Å². The predicted octanol–water partition coefficient (Wildman–Crippen LogP) is 4.70. The van der Waals surface area contributed by atoms with E-state index < -0.39 is 0 Å². The minimum atomic E-state index is -0.300. The number of benzene rings is 2. The zero-order valence-corrected chi connectivity index (χ0v) is 18.7. The molecule has 0 aliphatic carbocycles. The summed E-state index contributed by atoms with van der Waals surface area (Å²) in [5.74, 6) is -0.187. The number of aryl methyl sites for hydroxylation is 1. The first-order valence-corrected chi connectivity index (χ1v) is 11.4. The standard InChI is InChI=1S/C26H30FN3O2/c1-3-13-30(21-11-14-29(15-12-21)26(32)19-7-5-4-6-8-19)25(31)17-22-18(2)28-24-10-9-20(27)16-23(22)24/h4-10,16,21,28H,3,11-15,17H2,1-2H3. The number of H-pyrrole nitrogens is 1. The van der Waals surface area contributed by atoms with Crippen LogP contribution in [0.3, 0.4) is 0 Å². The molecule has 5 nitrogen and oxygen atoms in total. The highest BCUT2D eigenvalue weighted by atomic mass is 19.1. The van der Waals surface area contributed by atoms with Crippen molar-refractivity contribution in [3.8, 4) is 0 Å². The van der Waals surface area contributed by atoms with E-state index in [4.69, 9.17) is 0 Å². The average Bonchev–Trinajstić information content (AvgIpc) is 3.12. The molecule has 2 heterocycles. The number of piperidine rings is 1. The zero-order chi connectivity index (χ0) is 22.7. The SMILES string of the molecule is CCCN(C(=O)Cc1c(C)[nH]c2ccc(F)cc12)C1CCN(C(=O)c2ccccc2)CC1. The maximum absolute atomic E-state index is 13.8.